The number of carbonyl (C=O) groups is 1. The van der Waals surface area contributed by atoms with Gasteiger partial charge in [0.1, 0.15) is 11.6 Å². The Kier molecular flexibility index (Phi) is 4.29. The molecule has 0 saturated heterocycles. The summed E-state index contributed by atoms with van der Waals surface area (Å²) in [6.45, 7) is 3.90. The smallest absolute Gasteiger partial charge is 0.267 e. The minimum absolute atomic E-state index is 0.0495. The van der Waals surface area contributed by atoms with Crippen molar-refractivity contribution in [2.24, 2.45) is 0 Å². The Morgan fingerprint density at radius 1 is 1.41 bits per heavy atom. The zero-order valence-electron chi connectivity index (χ0n) is 10.2. The SMILES string of the molecule is CN/C=C(/C#N)C(=O)Nc1cccc(C)c1C. The molecule has 0 bridgehead atoms. The quantitative estimate of drug-likeness (QED) is 0.614. The number of anilines is 1. The van der Waals surface area contributed by atoms with E-state index in [-0.39, 0.29) is 5.57 Å². The fourth-order valence-electron chi connectivity index (χ4n) is 1.37. The topological polar surface area (TPSA) is 64.9 Å². The lowest BCUT2D eigenvalue weighted by Crippen LogP contribution is -2.16. The molecule has 4 nitrogen and oxygen atoms in total. The fourth-order valence-corrected chi connectivity index (χ4v) is 1.37. The molecule has 0 spiro atoms. The average molecular weight is 229 g/mol. The molecule has 17 heavy (non-hydrogen) atoms. The van der Waals surface area contributed by atoms with Crippen molar-refractivity contribution in [1.29, 1.82) is 5.26 Å². The Bertz CT molecular complexity index is 498. The van der Waals surface area contributed by atoms with E-state index < -0.39 is 5.91 Å². The first-order chi connectivity index (χ1) is 8.10. The van der Waals surface area contributed by atoms with Crippen LogP contribution in [-0.2, 0) is 4.79 Å². The van der Waals surface area contributed by atoms with Crippen molar-refractivity contribution in [3.8, 4) is 6.07 Å². The Morgan fingerprint density at radius 3 is 2.71 bits per heavy atom. The van der Waals surface area contributed by atoms with E-state index in [9.17, 15) is 4.79 Å². The maximum atomic E-state index is 11.8. The van der Waals surface area contributed by atoms with Crippen LogP contribution in [0.2, 0.25) is 0 Å². The van der Waals surface area contributed by atoms with Gasteiger partial charge in [0.25, 0.3) is 5.91 Å². The summed E-state index contributed by atoms with van der Waals surface area (Å²) in [6, 6.07) is 7.50. The van der Waals surface area contributed by atoms with Gasteiger partial charge in [0.15, 0.2) is 0 Å². The molecule has 0 aliphatic rings. The zero-order valence-corrected chi connectivity index (χ0v) is 10.2. The highest BCUT2D eigenvalue weighted by Gasteiger charge is 2.10. The molecule has 2 N–H and O–H groups in total. The predicted octanol–water partition coefficient (Wildman–Crippen LogP) is 1.87. The monoisotopic (exact) mass is 229 g/mol. The van der Waals surface area contributed by atoms with Crippen molar-refractivity contribution >= 4 is 11.6 Å². The van der Waals surface area contributed by atoms with Gasteiger partial charge in [-0.3, -0.25) is 4.79 Å². The van der Waals surface area contributed by atoms with Crippen LogP contribution in [-0.4, -0.2) is 13.0 Å². The summed E-state index contributed by atoms with van der Waals surface area (Å²) >= 11 is 0. The van der Waals surface area contributed by atoms with Crippen molar-refractivity contribution in [2.45, 2.75) is 13.8 Å². The van der Waals surface area contributed by atoms with Crippen LogP contribution >= 0.6 is 0 Å². The highest BCUT2D eigenvalue weighted by molar-refractivity contribution is 6.06. The molecule has 88 valence electrons. The number of carbonyl (C=O) groups excluding carboxylic acids is 1. The van der Waals surface area contributed by atoms with E-state index in [1.54, 1.807) is 7.05 Å². The molecule has 0 heterocycles. The molecule has 4 heteroatoms. The summed E-state index contributed by atoms with van der Waals surface area (Å²) in [4.78, 5) is 11.8. The van der Waals surface area contributed by atoms with E-state index in [2.05, 4.69) is 10.6 Å². The lowest BCUT2D eigenvalue weighted by molar-refractivity contribution is -0.112. The van der Waals surface area contributed by atoms with Crippen molar-refractivity contribution in [1.82, 2.24) is 5.32 Å². The van der Waals surface area contributed by atoms with Gasteiger partial charge in [0.2, 0.25) is 0 Å². The van der Waals surface area contributed by atoms with Crippen LogP contribution < -0.4 is 10.6 Å². The predicted molar refractivity (Wildman–Crippen MR) is 67.3 cm³/mol. The fraction of sp³-hybridized carbons (Fsp3) is 0.231. The van der Waals surface area contributed by atoms with Crippen molar-refractivity contribution in [3.05, 3.63) is 41.1 Å². The average Bonchev–Trinajstić information content (AvgIpc) is 2.31. The van der Waals surface area contributed by atoms with Crippen LogP contribution in [0.5, 0.6) is 0 Å². The number of nitrogens with one attached hydrogen (secondary N) is 2. The molecule has 0 aliphatic carbocycles. The highest BCUT2D eigenvalue weighted by atomic mass is 16.1. The Hall–Kier alpha value is -2.28. The molecule has 0 radical (unpaired) electrons. The number of amides is 1. The molecule has 1 aromatic carbocycles. The van der Waals surface area contributed by atoms with Gasteiger partial charge in [-0.2, -0.15) is 5.26 Å². The molecule has 1 rings (SSSR count). The maximum Gasteiger partial charge on any atom is 0.267 e. The number of aryl methyl sites for hydroxylation is 1. The molecule has 0 aliphatic heterocycles. The third-order valence-corrected chi connectivity index (χ3v) is 2.51. The minimum atomic E-state index is -0.407. The van der Waals surface area contributed by atoms with Crippen LogP contribution in [0.1, 0.15) is 11.1 Å². The number of benzene rings is 1. The highest BCUT2D eigenvalue weighted by Crippen LogP contribution is 2.18. The number of nitrogens with zero attached hydrogens (tertiary/aromatic N) is 1. The maximum absolute atomic E-state index is 11.8. The van der Waals surface area contributed by atoms with Crippen molar-refractivity contribution in [3.63, 3.8) is 0 Å². The van der Waals surface area contributed by atoms with Gasteiger partial charge in [0, 0.05) is 18.9 Å². The van der Waals surface area contributed by atoms with Gasteiger partial charge >= 0.3 is 0 Å². The molecule has 1 amide bonds. The zero-order chi connectivity index (χ0) is 12.8. The van der Waals surface area contributed by atoms with Gasteiger partial charge in [-0.25, -0.2) is 0 Å². The Labute approximate surface area is 101 Å². The summed E-state index contributed by atoms with van der Waals surface area (Å²) < 4.78 is 0. The third-order valence-electron chi connectivity index (χ3n) is 2.51. The largest absolute Gasteiger partial charge is 0.393 e. The van der Waals surface area contributed by atoms with Crippen LogP contribution in [0.25, 0.3) is 0 Å². The van der Waals surface area contributed by atoms with Crippen LogP contribution in [0.15, 0.2) is 30.0 Å². The molecule has 0 fully saturated rings. The lowest BCUT2D eigenvalue weighted by Gasteiger charge is -2.09. The second kappa shape index (κ2) is 5.71. The van der Waals surface area contributed by atoms with E-state index in [4.69, 9.17) is 5.26 Å². The normalized spacial score (nSPS) is 10.6. The van der Waals surface area contributed by atoms with E-state index in [1.807, 2.05) is 38.1 Å². The number of hydrogen-bond acceptors (Lipinski definition) is 3. The molecule has 0 saturated carbocycles. The van der Waals surface area contributed by atoms with Crippen LogP contribution in [0.4, 0.5) is 5.69 Å². The Balaban J connectivity index is 2.93. The second-order valence-corrected chi connectivity index (χ2v) is 3.66. The van der Waals surface area contributed by atoms with Crippen molar-refractivity contribution < 1.29 is 4.79 Å². The van der Waals surface area contributed by atoms with Gasteiger partial charge in [-0.05, 0) is 31.0 Å². The Morgan fingerprint density at radius 2 is 2.12 bits per heavy atom. The summed E-state index contributed by atoms with van der Waals surface area (Å²) in [7, 11) is 1.64. The minimum Gasteiger partial charge on any atom is -0.393 e. The van der Waals surface area contributed by atoms with Crippen LogP contribution in [0, 0.1) is 25.2 Å². The van der Waals surface area contributed by atoms with E-state index in [0.717, 1.165) is 16.8 Å². The van der Waals surface area contributed by atoms with E-state index in [0.29, 0.717) is 0 Å². The molecule has 0 unspecified atom stereocenters. The summed E-state index contributed by atoms with van der Waals surface area (Å²) in [5.41, 5.74) is 2.88. The summed E-state index contributed by atoms with van der Waals surface area (Å²) in [5, 5.41) is 14.2. The first-order valence-electron chi connectivity index (χ1n) is 5.25. The molecule has 0 aromatic heterocycles. The van der Waals surface area contributed by atoms with Crippen molar-refractivity contribution in [2.75, 3.05) is 12.4 Å². The summed E-state index contributed by atoms with van der Waals surface area (Å²) in [6.07, 6.45) is 1.38. The first kappa shape index (κ1) is 12.8. The number of hydrogen-bond donors (Lipinski definition) is 2. The molecule has 1 aromatic rings. The van der Waals surface area contributed by atoms with Crippen LogP contribution in [0.3, 0.4) is 0 Å². The number of nitriles is 1. The molecular formula is C13H15N3O. The first-order valence-corrected chi connectivity index (χ1v) is 5.25. The van der Waals surface area contributed by atoms with Gasteiger partial charge < -0.3 is 10.6 Å². The summed E-state index contributed by atoms with van der Waals surface area (Å²) in [5.74, 6) is -0.407. The van der Waals surface area contributed by atoms with Gasteiger partial charge in [0.05, 0.1) is 0 Å². The molecule has 0 atom stereocenters. The standard InChI is InChI=1S/C13H15N3O/c1-9-5-4-6-12(10(9)2)16-13(17)11(7-14)8-15-3/h4-6,8,15H,1-3H3,(H,16,17)/b11-8-. The van der Waals surface area contributed by atoms with E-state index >= 15 is 0 Å². The molecular weight excluding hydrogens is 214 g/mol. The third kappa shape index (κ3) is 3.08. The number of rotatable bonds is 3. The lowest BCUT2D eigenvalue weighted by atomic mass is 10.1. The second-order valence-electron chi connectivity index (χ2n) is 3.66. The van der Waals surface area contributed by atoms with E-state index in [1.165, 1.54) is 6.20 Å². The van der Waals surface area contributed by atoms with Gasteiger partial charge in [-0.1, -0.05) is 12.1 Å². The van der Waals surface area contributed by atoms with Gasteiger partial charge in [-0.15, -0.1) is 0 Å².